The second-order valence-electron chi connectivity index (χ2n) is 4.98. The lowest BCUT2D eigenvalue weighted by Gasteiger charge is -2.07. The van der Waals surface area contributed by atoms with Crippen LogP contribution in [0.25, 0.3) is 11.0 Å². The Morgan fingerprint density at radius 1 is 1.10 bits per heavy atom. The number of rotatable bonds is 3. The molecule has 0 atom stereocenters. The molecule has 0 saturated heterocycles. The molecule has 0 aliphatic carbocycles. The molecule has 3 nitrogen and oxygen atoms in total. The minimum atomic E-state index is -0.697. The lowest BCUT2D eigenvalue weighted by Crippen LogP contribution is -2.04. The number of fused-ring (bicyclic) bond motifs is 1. The van der Waals surface area contributed by atoms with E-state index in [0.717, 1.165) is 18.1 Å². The standard InChI is InChI=1S/C16H15F2N3/c1-2-10-3-5-11(6-4-10)9-21-14-8-12(17)7-13(18)15(14)20-16(21)19/h3-8H,2,9H2,1H3,(H2,19,20). The van der Waals surface area contributed by atoms with Crippen molar-refractivity contribution in [3.05, 3.63) is 59.2 Å². The van der Waals surface area contributed by atoms with Gasteiger partial charge < -0.3 is 10.3 Å². The van der Waals surface area contributed by atoms with Gasteiger partial charge in [-0.15, -0.1) is 0 Å². The monoisotopic (exact) mass is 287 g/mol. The Balaban J connectivity index is 2.05. The van der Waals surface area contributed by atoms with Crippen LogP contribution in [-0.2, 0) is 13.0 Å². The molecular weight excluding hydrogens is 272 g/mol. The second-order valence-corrected chi connectivity index (χ2v) is 4.98. The van der Waals surface area contributed by atoms with Gasteiger partial charge in [0.25, 0.3) is 0 Å². The smallest absolute Gasteiger partial charge is 0.201 e. The highest BCUT2D eigenvalue weighted by atomic mass is 19.1. The van der Waals surface area contributed by atoms with E-state index in [1.165, 1.54) is 11.6 Å². The number of halogens is 2. The average molecular weight is 287 g/mol. The van der Waals surface area contributed by atoms with Gasteiger partial charge in [-0.3, -0.25) is 0 Å². The molecule has 0 spiro atoms. The van der Waals surface area contributed by atoms with Crippen LogP contribution in [0.2, 0.25) is 0 Å². The van der Waals surface area contributed by atoms with Crippen LogP contribution < -0.4 is 5.73 Å². The van der Waals surface area contributed by atoms with E-state index in [4.69, 9.17) is 5.73 Å². The minimum Gasteiger partial charge on any atom is -0.369 e. The third kappa shape index (κ3) is 2.46. The van der Waals surface area contributed by atoms with Crippen LogP contribution in [0.15, 0.2) is 36.4 Å². The van der Waals surface area contributed by atoms with Gasteiger partial charge in [-0.2, -0.15) is 0 Å². The summed E-state index contributed by atoms with van der Waals surface area (Å²) < 4.78 is 28.7. The first kappa shape index (κ1) is 13.5. The molecule has 0 fully saturated rings. The van der Waals surface area contributed by atoms with Crippen LogP contribution in [0.5, 0.6) is 0 Å². The van der Waals surface area contributed by atoms with Crippen LogP contribution in [0.4, 0.5) is 14.7 Å². The molecule has 21 heavy (non-hydrogen) atoms. The molecule has 0 aliphatic rings. The fourth-order valence-electron chi connectivity index (χ4n) is 2.40. The van der Waals surface area contributed by atoms with Crippen molar-refractivity contribution in [1.29, 1.82) is 0 Å². The van der Waals surface area contributed by atoms with Crippen LogP contribution in [-0.4, -0.2) is 9.55 Å². The van der Waals surface area contributed by atoms with Crippen molar-refractivity contribution in [2.24, 2.45) is 0 Å². The van der Waals surface area contributed by atoms with Crippen LogP contribution in [0.1, 0.15) is 18.1 Å². The third-order valence-corrected chi connectivity index (χ3v) is 3.57. The molecule has 2 aromatic carbocycles. The van der Waals surface area contributed by atoms with Crippen molar-refractivity contribution in [3.8, 4) is 0 Å². The summed E-state index contributed by atoms with van der Waals surface area (Å²) in [6, 6.07) is 10.1. The Labute approximate surface area is 121 Å². The molecule has 2 N–H and O–H groups in total. The van der Waals surface area contributed by atoms with Gasteiger partial charge in [0.05, 0.1) is 12.1 Å². The number of nitrogens with two attached hydrogens (primary N) is 1. The Hall–Kier alpha value is -2.43. The zero-order valence-electron chi connectivity index (χ0n) is 11.6. The second kappa shape index (κ2) is 5.16. The molecule has 108 valence electrons. The number of anilines is 1. The number of hydrogen-bond donors (Lipinski definition) is 1. The normalized spacial score (nSPS) is 11.2. The van der Waals surface area contributed by atoms with Crippen LogP contribution in [0, 0.1) is 11.6 Å². The molecule has 0 unspecified atom stereocenters. The molecule has 0 radical (unpaired) electrons. The van der Waals surface area contributed by atoms with Crippen molar-refractivity contribution in [2.45, 2.75) is 19.9 Å². The number of imidazole rings is 1. The van der Waals surface area contributed by atoms with Gasteiger partial charge in [-0.25, -0.2) is 13.8 Å². The Kier molecular flexibility index (Phi) is 3.33. The summed E-state index contributed by atoms with van der Waals surface area (Å²) in [4.78, 5) is 3.98. The Morgan fingerprint density at radius 3 is 2.43 bits per heavy atom. The van der Waals surface area contributed by atoms with Gasteiger partial charge >= 0.3 is 0 Å². The lowest BCUT2D eigenvalue weighted by molar-refractivity contribution is 0.590. The predicted molar refractivity (Wildman–Crippen MR) is 79.0 cm³/mol. The maximum absolute atomic E-state index is 13.7. The van der Waals surface area contributed by atoms with Crippen LogP contribution in [0.3, 0.4) is 0 Å². The largest absolute Gasteiger partial charge is 0.369 e. The fraction of sp³-hybridized carbons (Fsp3) is 0.188. The van der Waals surface area contributed by atoms with E-state index < -0.39 is 11.6 Å². The van der Waals surface area contributed by atoms with Gasteiger partial charge in [0.2, 0.25) is 5.95 Å². The summed E-state index contributed by atoms with van der Waals surface area (Å²) >= 11 is 0. The fourth-order valence-corrected chi connectivity index (χ4v) is 2.40. The van der Waals surface area contributed by atoms with Gasteiger partial charge in [-0.05, 0) is 17.5 Å². The molecule has 5 heteroatoms. The predicted octanol–water partition coefficient (Wildman–Crippen LogP) is 3.51. The molecule has 0 saturated carbocycles. The quantitative estimate of drug-likeness (QED) is 0.801. The summed E-state index contributed by atoms with van der Waals surface area (Å²) in [5.41, 5.74) is 8.54. The topological polar surface area (TPSA) is 43.8 Å². The van der Waals surface area contributed by atoms with E-state index in [-0.39, 0.29) is 11.5 Å². The highest BCUT2D eigenvalue weighted by Crippen LogP contribution is 2.23. The molecule has 0 amide bonds. The first-order valence-electron chi connectivity index (χ1n) is 6.77. The Morgan fingerprint density at radius 2 is 1.76 bits per heavy atom. The van der Waals surface area contributed by atoms with E-state index in [9.17, 15) is 8.78 Å². The first-order valence-corrected chi connectivity index (χ1v) is 6.77. The van der Waals surface area contributed by atoms with E-state index in [1.54, 1.807) is 4.57 Å². The zero-order valence-corrected chi connectivity index (χ0v) is 11.6. The van der Waals surface area contributed by atoms with Crippen molar-refractivity contribution < 1.29 is 8.78 Å². The average Bonchev–Trinajstić information content (AvgIpc) is 2.77. The van der Waals surface area contributed by atoms with E-state index in [1.807, 2.05) is 24.3 Å². The highest BCUT2D eigenvalue weighted by Gasteiger charge is 2.14. The van der Waals surface area contributed by atoms with E-state index >= 15 is 0 Å². The van der Waals surface area contributed by atoms with Crippen molar-refractivity contribution in [3.63, 3.8) is 0 Å². The first-order chi connectivity index (χ1) is 10.1. The number of nitrogens with zero attached hydrogens (tertiary/aromatic N) is 2. The molecule has 0 bridgehead atoms. The van der Waals surface area contributed by atoms with Gasteiger partial charge in [0.15, 0.2) is 5.82 Å². The van der Waals surface area contributed by atoms with Gasteiger partial charge in [-0.1, -0.05) is 31.2 Å². The molecular formula is C16H15F2N3. The minimum absolute atomic E-state index is 0.0964. The van der Waals surface area contributed by atoms with Gasteiger partial charge in [0, 0.05) is 12.1 Å². The van der Waals surface area contributed by atoms with Crippen molar-refractivity contribution in [1.82, 2.24) is 9.55 Å². The molecule has 1 aromatic heterocycles. The summed E-state index contributed by atoms with van der Waals surface area (Å²) in [7, 11) is 0. The lowest BCUT2D eigenvalue weighted by atomic mass is 10.1. The van der Waals surface area contributed by atoms with Crippen molar-refractivity contribution >= 4 is 17.0 Å². The molecule has 1 heterocycles. The SMILES string of the molecule is CCc1ccc(Cn2c(N)nc3c(F)cc(F)cc32)cc1. The number of aromatic nitrogens is 2. The van der Waals surface area contributed by atoms with E-state index in [2.05, 4.69) is 11.9 Å². The molecule has 3 aromatic rings. The highest BCUT2D eigenvalue weighted by molar-refractivity contribution is 5.79. The summed E-state index contributed by atoms with van der Waals surface area (Å²) in [5, 5.41) is 0. The number of aryl methyl sites for hydroxylation is 1. The zero-order chi connectivity index (χ0) is 15.0. The Bertz CT molecular complexity index is 791. The molecule has 3 rings (SSSR count). The summed E-state index contributed by atoms with van der Waals surface area (Å²) in [6.45, 7) is 2.51. The van der Waals surface area contributed by atoms with Gasteiger partial charge in [0.1, 0.15) is 11.3 Å². The number of nitrogen functional groups attached to an aromatic ring is 1. The molecule has 0 aliphatic heterocycles. The summed E-state index contributed by atoms with van der Waals surface area (Å²) in [5.74, 6) is -1.16. The van der Waals surface area contributed by atoms with E-state index in [0.29, 0.717) is 12.1 Å². The summed E-state index contributed by atoms with van der Waals surface area (Å²) in [6.07, 6.45) is 0.965. The van der Waals surface area contributed by atoms with Crippen LogP contribution >= 0.6 is 0 Å². The van der Waals surface area contributed by atoms with Crippen molar-refractivity contribution in [2.75, 3.05) is 5.73 Å². The third-order valence-electron chi connectivity index (χ3n) is 3.57. The number of hydrogen-bond acceptors (Lipinski definition) is 2. The number of benzene rings is 2. The maximum Gasteiger partial charge on any atom is 0.201 e. The maximum atomic E-state index is 13.7.